The Labute approximate surface area is 182 Å². The number of benzene rings is 1. The quantitative estimate of drug-likeness (QED) is 0.533. The van der Waals surface area contributed by atoms with Crippen molar-refractivity contribution < 1.29 is 4.79 Å². The first-order valence-corrected chi connectivity index (χ1v) is 11.6. The fourth-order valence-corrected chi connectivity index (χ4v) is 4.52. The molecule has 2 fully saturated rings. The minimum absolute atomic E-state index is 0.258. The van der Waals surface area contributed by atoms with Gasteiger partial charge in [-0.25, -0.2) is 0 Å². The van der Waals surface area contributed by atoms with Gasteiger partial charge in [0.25, 0.3) is 0 Å². The van der Waals surface area contributed by atoms with Crippen molar-refractivity contribution in [2.45, 2.75) is 64.6 Å². The van der Waals surface area contributed by atoms with Crippen molar-refractivity contribution in [1.82, 2.24) is 20.4 Å². The zero-order valence-electron chi connectivity index (χ0n) is 19.0. The lowest BCUT2D eigenvalue weighted by atomic mass is 9.88. The number of nitrogens with one attached hydrogen (secondary N) is 2. The molecule has 1 aliphatic heterocycles. The van der Waals surface area contributed by atoms with Crippen LogP contribution in [0.3, 0.4) is 0 Å². The predicted octanol–water partition coefficient (Wildman–Crippen LogP) is 2.98. The lowest BCUT2D eigenvalue weighted by Crippen LogP contribution is -2.45. The number of carbonyl (C=O) groups is 1. The van der Waals surface area contributed by atoms with E-state index in [1.54, 1.807) is 0 Å². The molecular formula is C24H39N5O. The van der Waals surface area contributed by atoms with E-state index in [0.29, 0.717) is 5.91 Å². The fourth-order valence-electron chi connectivity index (χ4n) is 4.52. The molecule has 1 amide bonds. The second-order valence-corrected chi connectivity index (χ2v) is 8.83. The van der Waals surface area contributed by atoms with Gasteiger partial charge in [0.1, 0.15) is 0 Å². The minimum Gasteiger partial charge on any atom is -0.352 e. The lowest BCUT2D eigenvalue weighted by Gasteiger charge is -2.26. The van der Waals surface area contributed by atoms with Crippen LogP contribution in [0, 0.1) is 5.92 Å². The zero-order valence-corrected chi connectivity index (χ0v) is 19.0. The summed E-state index contributed by atoms with van der Waals surface area (Å²) in [5.74, 6) is 1.44. The Morgan fingerprint density at radius 2 is 1.97 bits per heavy atom. The van der Waals surface area contributed by atoms with Gasteiger partial charge in [-0.3, -0.25) is 9.79 Å². The van der Waals surface area contributed by atoms with Gasteiger partial charge >= 0.3 is 0 Å². The third-order valence-corrected chi connectivity index (χ3v) is 6.46. The largest absolute Gasteiger partial charge is 0.352 e. The maximum atomic E-state index is 12.8. The molecule has 2 aliphatic rings. The summed E-state index contributed by atoms with van der Waals surface area (Å²) in [6.07, 6.45) is 6.83. The Kier molecular flexibility index (Phi) is 8.55. The van der Waals surface area contributed by atoms with Gasteiger partial charge in [-0.05, 0) is 44.0 Å². The van der Waals surface area contributed by atoms with Crippen LogP contribution in [0.2, 0.25) is 0 Å². The first kappa shape index (κ1) is 22.6. The smallest absolute Gasteiger partial charge is 0.225 e. The average Bonchev–Trinajstić information content (AvgIpc) is 3.25. The predicted molar refractivity (Wildman–Crippen MR) is 123 cm³/mol. The van der Waals surface area contributed by atoms with Crippen molar-refractivity contribution in [1.29, 1.82) is 0 Å². The number of amides is 1. The second kappa shape index (κ2) is 11.3. The molecule has 1 heterocycles. The first-order valence-electron chi connectivity index (χ1n) is 11.6. The van der Waals surface area contributed by atoms with E-state index in [4.69, 9.17) is 0 Å². The molecule has 3 rings (SSSR count). The minimum atomic E-state index is 0.258. The molecular weight excluding hydrogens is 374 g/mol. The van der Waals surface area contributed by atoms with Crippen LogP contribution in [0.4, 0.5) is 0 Å². The van der Waals surface area contributed by atoms with Crippen molar-refractivity contribution >= 4 is 11.9 Å². The maximum absolute atomic E-state index is 12.8. The highest BCUT2D eigenvalue weighted by Gasteiger charge is 2.31. The molecule has 1 saturated heterocycles. The monoisotopic (exact) mass is 413 g/mol. The topological polar surface area (TPSA) is 60.0 Å². The molecule has 1 aromatic rings. The summed E-state index contributed by atoms with van der Waals surface area (Å²) in [5, 5.41) is 6.95. The molecule has 2 N–H and O–H groups in total. The molecule has 0 bridgehead atoms. The standard InChI is InChI=1S/C24H39N5O/c1-4-28(3)17-20-10-8-9-19(15-20)16-26-24(25-2)27-22-13-14-29(18-22)23(30)21-11-6-5-7-12-21/h8-10,15,21-22H,4-7,11-14,16-18H2,1-3H3,(H2,25,26,27). The van der Waals surface area contributed by atoms with E-state index < -0.39 is 0 Å². The van der Waals surface area contributed by atoms with Crippen LogP contribution in [0.5, 0.6) is 0 Å². The van der Waals surface area contributed by atoms with Gasteiger partial charge in [-0.2, -0.15) is 0 Å². The zero-order chi connectivity index (χ0) is 21.3. The number of guanidine groups is 1. The van der Waals surface area contributed by atoms with Gasteiger partial charge in [0.05, 0.1) is 0 Å². The average molecular weight is 414 g/mol. The molecule has 166 valence electrons. The molecule has 1 atom stereocenters. The first-order chi connectivity index (χ1) is 14.6. The molecule has 1 unspecified atom stereocenters. The molecule has 0 spiro atoms. The third-order valence-electron chi connectivity index (χ3n) is 6.46. The summed E-state index contributed by atoms with van der Waals surface area (Å²) < 4.78 is 0. The van der Waals surface area contributed by atoms with Crippen LogP contribution in [0.1, 0.15) is 56.6 Å². The Morgan fingerprint density at radius 3 is 2.70 bits per heavy atom. The van der Waals surface area contributed by atoms with E-state index in [1.165, 1.54) is 30.4 Å². The van der Waals surface area contributed by atoms with Crippen LogP contribution in [0.25, 0.3) is 0 Å². The summed E-state index contributed by atoms with van der Waals surface area (Å²) in [5.41, 5.74) is 2.58. The van der Waals surface area contributed by atoms with Gasteiger partial charge in [-0.15, -0.1) is 0 Å². The summed E-state index contributed by atoms with van der Waals surface area (Å²) >= 11 is 0. The van der Waals surface area contributed by atoms with Crippen molar-refractivity contribution in [2.75, 3.05) is 33.7 Å². The normalized spacial score (nSPS) is 20.6. The molecule has 30 heavy (non-hydrogen) atoms. The summed E-state index contributed by atoms with van der Waals surface area (Å²) in [4.78, 5) is 21.5. The summed E-state index contributed by atoms with van der Waals surface area (Å²) in [6.45, 7) is 6.56. The molecule has 0 aromatic heterocycles. The van der Waals surface area contributed by atoms with E-state index in [0.717, 1.165) is 57.9 Å². The maximum Gasteiger partial charge on any atom is 0.225 e. The highest BCUT2D eigenvalue weighted by Crippen LogP contribution is 2.26. The highest BCUT2D eigenvalue weighted by atomic mass is 16.2. The van der Waals surface area contributed by atoms with Crippen LogP contribution in [0.15, 0.2) is 29.3 Å². The van der Waals surface area contributed by atoms with E-state index in [1.807, 2.05) is 7.05 Å². The van der Waals surface area contributed by atoms with E-state index in [-0.39, 0.29) is 12.0 Å². The number of hydrogen-bond donors (Lipinski definition) is 2. The van der Waals surface area contributed by atoms with E-state index in [9.17, 15) is 4.79 Å². The Hall–Kier alpha value is -2.08. The molecule has 1 aromatic carbocycles. The van der Waals surface area contributed by atoms with Gasteiger partial charge in [-0.1, -0.05) is 50.5 Å². The Bertz CT molecular complexity index is 713. The van der Waals surface area contributed by atoms with Crippen LogP contribution in [-0.4, -0.2) is 61.4 Å². The number of rotatable bonds is 7. The number of carbonyl (C=O) groups excluding carboxylic acids is 1. The van der Waals surface area contributed by atoms with Gasteiger partial charge < -0.3 is 20.4 Å². The third kappa shape index (κ3) is 6.46. The SMILES string of the molecule is CCN(C)Cc1cccc(CNC(=NC)NC2CCN(C(=O)C3CCCCC3)C2)c1. The number of likely N-dealkylation sites (tertiary alicyclic amines) is 1. The number of aliphatic imine (C=N–C) groups is 1. The Morgan fingerprint density at radius 1 is 1.20 bits per heavy atom. The van der Waals surface area contributed by atoms with E-state index >= 15 is 0 Å². The number of nitrogens with zero attached hydrogens (tertiary/aromatic N) is 3. The van der Waals surface area contributed by atoms with Gasteiger partial charge in [0.15, 0.2) is 5.96 Å². The van der Waals surface area contributed by atoms with Crippen LogP contribution >= 0.6 is 0 Å². The highest BCUT2D eigenvalue weighted by molar-refractivity contribution is 5.81. The molecule has 0 radical (unpaired) electrons. The molecule has 1 saturated carbocycles. The summed E-state index contributed by atoms with van der Waals surface area (Å²) in [6, 6.07) is 8.98. The van der Waals surface area contributed by atoms with Crippen LogP contribution in [-0.2, 0) is 17.9 Å². The Balaban J connectivity index is 1.46. The van der Waals surface area contributed by atoms with Gasteiger partial charge in [0, 0.05) is 45.2 Å². The molecule has 6 nitrogen and oxygen atoms in total. The molecule has 1 aliphatic carbocycles. The van der Waals surface area contributed by atoms with Crippen molar-refractivity contribution in [3.63, 3.8) is 0 Å². The van der Waals surface area contributed by atoms with Crippen molar-refractivity contribution in [2.24, 2.45) is 10.9 Å². The molecule has 6 heteroatoms. The van der Waals surface area contributed by atoms with Crippen molar-refractivity contribution in [3.05, 3.63) is 35.4 Å². The van der Waals surface area contributed by atoms with E-state index in [2.05, 4.69) is 63.7 Å². The van der Waals surface area contributed by atoms with Gasteiger partial charge in [0.2, 0.25) is 5.91 Å². The fraction of sp³-hybridized carbons (Fsp3) is 0.667. The summed E-state index contributed by atoms with van der Waals surface area (Å²) in [7, 11) is 3.95. The van der Waals surface area contributed by atoms with Crippen LogP contribution < -0.4 is 10.6 Å². The van der Waals surface area contributed by atoms with Crippen molar-refractivity contribution in [3.8, 4) is 0 Å². The lowest BCUT2D eigenvalue weighted by molar-refractivity contribution is -0.135. The number of hydrogen-bond acceptors (Lipinski definition) is 3. The second-order valence-electron chi connectivity index (χ2n) is 8.83.